The van der Waals surface area contributed by atoms with Crippen LogP contribution >= 0.6 is 12.2 Å². The lowest BCUT2D eigenvalue weighted by atomic mass is 9.84. The van der Waals surface area contributed by atoms with Crippen molar-refractivity contribution in [2.75, 3.05) is 19.6 Å². The number of aromatic amines is 1. The molecule has 19 heavy (non-hydrogen) atoms. The van der Waals surface area contributed by atoms with E-state index in [-0.39, 0.29) is 5.82 Å². The highest BCUT2D eigenvalue weighted by Gasteiger charge is 2.36. The first kappa shape index (κ1) is 11.6. The first-order valence-electron chi connectivity index (χ1n) is 6.84. The van der Waals surface area contributed by atoms with E-state index in [4.69, 9.17) is 12.2 Å². The van der Waals surface area contributed by atoms with Crippen molar-refractivity contribution in [3.63, 3.8) is 0 Å². The number of nitrogens with zero attached hydrogens (tertiary/aromatic N) is 2. The average Bonchev–Trinajstić information content (AvgIpc) is 2.75. The largest absolute Gasteiger partial charge is 0.331 e. The number of rotatable bonds is 1. The van der Waals surface area contributed by atoms with Gasteiger partial charge in [-0.15, -0.1) is 0 Å². The molecule has 2 bridgehead atoms. The Morgan fingerprint density at radius 1 is 1.26 bits per heavy atom. The summed E-state index contributed by atoms with van der Waals surface area (Å²) in [5.74, 6) is 0.482. The van der Waals surface area contributed by atoms with Crippen LogP contribution in [0.5, 0.6) is 0 Å². The van der Waals surface area contributed by atoms with E-state index in [2.05, 4.69) is 14.5 Å². The molecule has 3 saturated heterocycles. The number of nitrogens with one attached hydrogen (secondary N) is 1. The summed E-state index contributed by atoms with van der Waals surface area (Å²) in [6, 6.07) is 5.25. The zero-order valence-electron chi connectivity index (χ0n) is 10.6. The molecule has 4 heterocycles. The molecule has 100 valence electrons. The van der Waals surface area contributed by atoms with Crippen LogP contribution in [-0.4, -0.2) is 34.1 Å². The predicted octanol–water partition coefficient (Wildman–Crippen LogP) is 3.10. The lowest BCUT2D eigenvalue weighted by Gasteiger charge is -2.45. The minimum absolute atomic E-state index is 0.198. The molecular formula is C14H16FN3S. The van der Waals surface area contributed by atoms with Crippen molar-refractivity contribution in [2.45, 2.75) is 18.9 Å². The Hall–Kier alpha value is -1.20. The number of piperidine rings is 3. The Morgan fingerprint density at radius 2 is 2.05 bits per heavy atom. The molecule has 2 aromatic rings. The zero-order chi connectivity index (χ0) is 13.0. The minimum atomic E-state index is -0.198. The maximum atomic E-state index is 13.5. The van der Waals surface area contributed by atoms with Gasteiger partial charge < -0.3 is 14.5 Å². The van der Waals surface area contributed by atoms with Crippen LogP contribution in [-0.2, 0) is 0 Å². The molecular weight excluding hydrogens is 261 g/mol. The second-order valence-corrected chi connectivity index (χ2v) is 6.05. The lowest BCUT2D eigenvalue weighted by Crippen LogP contribution is -2.48. The monoisotopic (exact) mass is 277 g/mol. The van der Waals surface area contributed by atoms with E-state index >= 15 is 0 Å². The molecule has 0 radical (unpaired) electrons. The van der Waals surface area contributed by atoms with Gasteiger partial charge in [-0.05, 0) is 62.3 Å². The van der Waals surface area contributed by atoms with Gasteiger partial charge in [0.1, 0.15) is 5.82 Å². The molecule has 0 amide bonds. The molecule has 0 saturated carbocycles. The smallest absolute Gasteiger partial charge is 0.178 e. The summed E-state index contributed by atoms with van der Waals surface area (Å²) in [6.07, 6.45) is 2.46. The van der Waals surface area contributed by atoms with Crippen LogP contribution in [0.2, 0.25) is 0 Å². The van der Waals surface area contributed by atoms with Crippen molar-refractivity contribution in [3.05, 3.63) is 28.8 Å². The maximum Gasteiger partial charge on any atom is 0.178 e. The third-order valence-corrected chi connectivity index (χ3v) is 4.93. The summed E-state index contributed by atoms with van der Waals surface area (Å²) >= 11 is 5.46. The van der Waals surface area contributed by atoms with Gasteiger partial charge in [0, 0.05) is 6.54 Å². The maximum absolute atomic E-state index is 13.5. The Bertz CT molecular complexity index is 682. The van der Waals surface area contributed by atoms with Gasteiger partial charge >= 0.3 is 0 Å². The van der Waals surface area contributed by atoms with Crippen LogP contribution in [0.15, 0.2) is 18.2 Å². The molecule has 0 spiro atoms. The van der Waals surface area contributed by atoms with E-state index in [1.54, 1.807) is 12.1 Å². The van der Waals surface area contributed by atoms with Crippen molar-refractivity contribution >= 4 is 23.3 Å². The summed E-state index contributed by atoms with van der Waals surface area (Å²) in [5, 5.41) is 0. The van der Waals surface area contributed by atoms with E-state index in [9.17, 15) is 4.39 Å². The van der Waals surface area contributed by atoms with Crippen molar-refractivity contribution in [1.82, 2.24) is 14.5 Å². The van der Waals surface area contributed by atoms with Crippen LogP contribution < -0.4 is 0 Å². The van der Waals surface area contributed by atoms with Gasteiger partial charge in [-0.1, -0.05) is 0 Å². The van der Waals surface area contributed by atoms with E-state index < -0.39 is 0 Å². The first-order chi connectivity index (χ1) is 9.22. The number of benzene rings is 1. The van der Waals surface area contributed by atoms with Gasteiger partial charge in [0.15, 0.2) is 4.77 Å². The summed E-state index contributed by atoms with van der Waals surface area (Å²) in [5.41, 5.74) is 1.84. The van der Waals surface area contributed by atoms with Crippen molar-refractivity contribution in [2.24, 2.45) is 5.92 Å². The second-order valence-electron chi connectivity index (χ2n) is 5.67. The lowest BCUT2D eigenvalue weighted by molar-refractivity contribution is 0.0582. The summed E-state index contributed by atoms with van der Waals surface area (Å²) < 4.78 is 16.4. The van der Waals surface area contributed by atoms with E-state index in [0.717, 1.165) is 22.3 Å². The van der Waals surface area contributed by atoms with Crippen LogP contribution in [0.25, 0.3) is 11.0 Å². The molecule has 1 atom stereocenters. The Labute approximate surface area is 116 Å². The topological polar surface area (TPSA) is 24.0 Å². The minimum Gasteiger partial charge on any atom is -0.331 e. The number of hydrogen-bond acceptors (Lipinski definition) is 2. The molecule has 1 unspecified atom stereocenters. The number of fused-ring (bicyclic) bond motifs is 4. The first-order valence-corrected chi connectivity index (χ1v) is 7.25. The standard InChI is InChI=1S/C14H16FN3S/c15-10-1-2-11-12(7-10)18(14(19)16-11)13-8-17-5-3-9(13)4-6-17/h1-2,7,9,13H,3-6,8H2,(H,16,19). The molecule has 1 aromatic carbocycles. The van der Waals surface area contributed by atoms with Crippen molar-refractivity contribution < 1.29 is 4.39 Å². The van der Waals surface area contributed by atoms with Crippen LogP contribution in [0, 0.1) is 16.5 Å². The highest BCUT2D eigenvalue weighted by atomic mass is 32.1. The van der Waals surface area contributed by atoms with Gasteiger partial charge in [-0.3, -0.25) is 0 Å². The second kappa shape index (κ2) is 4.15. The summed E-state index contributed by atoms with van der Waals surface area (Å²) in [4.78, 5) is 5.69. The van der Waals surface area contributed by atoms with Gasteiger partial charge in [0.05, 0.1) is 17.1 Å². The van der Waals surface area contributed by atoms with Crippen LogP contribution in [0.1, 0.15) is 18.9 Å². The third kappa shape index (κ3) is 1.75. The Balaban J connectivity index is 1.88. The molecule has 5 heteroatoms. The molecule has 1 aromatic heterocycles. The van der Waals surface area contributed by atoms with E-state index in [1.165, 1.54) is 32.0 Å². The molecule has 1 N–H and O–H groups in total. The van der Waals surface area contributed by atoms with Gasteiger partial charge in [0.2, 0.25) is 0 Å². The zero-order valence-corrected chi connectivity index (χ0v) is 11.4. The fourth-order valence-electron chi connectivity index (χ4n) is 3.65. The fraction of sp³-hybridized carbons (Fsp3) is 0.500. The predicted molar refractivity (Wildman–Crippen MR) is 75.3 cm³/mol. The summed E-state index contributed by atoms with van der Waals surface area (Å²) in [6.45, 7) is 3.44. The average molecular weight is 277 g/mol. The van der Waals surface area contributed by atoms with Gasteiger partial charge in [0.25, 0.3) is 0 Å². The molecule has 0 aliphatic carbocycles. The quantitative estimate of drug-likeness (QED) is 0.810. The fourth-order valence-corrected chi connectivity index (χ4v) is 3.99. The number of halogens is 1. The number of hydrogen-bond donors (Lipinski definition) is 1. The van der Waals surface area contributed by atoms with Gasteiger partial charge in [-0.2, -0.15) is 0 Å². The highest BCUT2D eigenvalue weighted by molar-refractivity contribution is 7.71. The van der Waals surface area contributed by atoms with Crippen molar-refractivity contribution in [1.29, 1.82) is 0 Å². The molecule has 3 aliphatic rings. The van der Waals surface area contributed by atoms with E-state index in [1.807, 2.05) is 0 Å². The van der Waals surface area contributed by atoms with Gasteiger partial charge in [-0.25, -0.2) is 4.39 Å². The van der Waals surface area contributed by atoms with Crippen LogP contribution in [0.4, 0.5) is 4.39 Å². The number of aromatic nitrogens is 2. The van der Waals surface area contributed by atoms with E-state index in [0.29, 0.717) is 12.0 Å². The van der Waals surface area contributed by atoms with Crippen molar-refractivity contribution in [3.8, 4) is 0 Å². The molecule has 5 rings (SSSR count). The molecule has 3 fully saturated rings. The molecule has 3 nitrogen and oxygen atoms in total. The normalized spacial score (nSPS) is 30.1. The number of H-pyrrole nitrogens is 1. The van der Waals surface area contributed by atoms with Crippen LogP contribution in [0.3, 0.4) is 0 Å². The highest BCUT2D eigenvalue weighted by Crippen LogP contribution is 2.37. The number of imidazole rings is 1. The third-order valence-electron chi connectivity index (χ3n) is 4.63. The Kier molecular flexibility index (Phi) is 2.53. The molecule has 3 aliphatic heterocycles. The summed E-state index contributed by atoms with van der Waals surface area (Å²) in [7, 11) is 0. The SMILES string of the molecule is Fc1ccc2[nH]c(=S)n(C3CN4CCC3CC4)c2c1. The Morgan fingerprint density at radius 3 is 2.74 bits per heavy atom.